The number of carboxylic acids is 1. The van der Waals surface area contributed by atoms with Gasteiger partial charge in [-0.25, -0.2) is 0 Å². The first-order chi connectivity index (χ1) is 13.5. The maximum atomic E-state index is 12.7. The maximum Gasteiger partial charge on any atom is 1.00 e. The van der Waals surface area contributed by atoms with Crippen LogP contribution in [0.2, 0.25) is 0 Å². The van der Waals surface area contributed by atoms with Crippen LogP contribution in [0.3, 0.4) is 0 Å². The topological polar surface area (TPSA) is 71.4 Å². The van der Waals surface area contributed by atoms with E-state index in [1.807, 2.05) is 72.3 Å². The fourth-order valence-corrected chi connectivity index (χ4v) is 2.78. The summed E-state index contributed by atoms with van der Waals surface area (Å²) in [4.78, 5) is 23.2. The Labute approximate surface area is 191 Å². The van der Waals surface area contributed by atoms with Gasteiger partial charge >= 0.3 is 29.6 Å². The molecule has 0 saturated heterocycles. The second-order valence-electron chi connectivity index (χ2n) is 6.38. The Kier molecular flexibility index (Phi) is 8.46. The Morgan fingerprint density at radius 3 is 2.55 bits per heavy atom. The number of ketones is 1. The molecule has 3 aromatic rings. The van der Waals surface area contributed by atoms with Gasteiger partial charge in [0.25, 0.3) is 0 Å². The second kappa shape index (κ2) is 10.8. The van der Waals surface area contributed by atoms with E-state index in [1.165, 1.54) is 0 Å². The van der Waals surface area contributed by atoms with E-state index in [2.05, 4.69) is 0 Å². The van der Waals surface area contributed by atoms with Crippen LogP contribution in [0.1, 0.15) is 27.2 Å². The third-order valence-corrected chi connectivity index (χ3v) is 4.20. The summed E-state index contributed by atoms with van der Waals surface area (Å²) in [6, 6.07) is 18.3. The molecule has 0 bridgehead atoms. The van der Waals surface area contributed by atoms with E-state index in [-0.39, 0.29) is 35.3 Å². The number of aryl methyl sites for hydroxylation is 1. The van der Waals surface area contributed by atoms with Crippen LogP contribution >= 0.6 is 0 Å². The van der Waals surface area contributed by atoms with Gasteiger partial charge in [0.15, 0.2) is 0 Å². The van der Waals surface area contributed by atoms with Crippen LogP contribution in [0.4, 0.5) is 0 Å². The van der Waals surface area contributed by atoms with Crippen molar-refractivity contribution in [2.24, 2.45) is 0 Å². The number of hydrogen-bond acceptors (Lipinski definition) is 4. The van der Waals surface area contributed by atoms with Crippen molar-refractivity contribution >= 4 is 17.8 Å². The van der Waals surface area contributed by atoms with Gasteiger partial charge in [-0.2, -0.15) is 0 Å². The largest absolute Gasteiger partial charge is 1.00 e. The summed E-state index contributed by atoms with van der Waals surface area (Å²) in [5.74, 6) is -0.821. The van der Waals surface area contributed by atoms with E-state index in [0.717, 1.165) is 11.1 Å². The summed E-state index contributed by atoms with van der Waals surface area (Å²) >= 11 is 0. The van der Waals surface area contributed by atoms with Crippen LogP contribution in [0.25, 0.3) is 6.08 Å². The fourth-order valence-electron chi connectivity index (χ4n) is 2.78. The molecule has 0 saturated carbocycles. The van der Waals surface area contributed by atoms with Gasteiger partial charge in [0, 0.05) is 18.3 Å². The van der Waals surface area contributed by atoms with Crippen LogP contribution < -0.4 is 39.4 Å². The zero-order valence-corrected chi connectivity index (χ0v) is 18.5. The molecule has 0 aliphatic heterocycles. The maximum absolute atomic E-state index is 12.7. The van der Waals surface area contributed by atoms with Gasteiger partial charge in [-0.15, -0.1) is 0 Å². The Morgan fingerprint density at radius 1 is 1.07 bits per heavy atom. The number of carbonyl (C=O) groups excluding carboxylic acids is 2. The third-order valence-electron chi connectivity index (χ3n) is 4.20. The first-order valence-corrected chi connectivity index (χ1v) is 8.89. The van der Waals surface area contributed by atoms with Gasteiger partial charge in [0.2, 0.25) is 5.78 Å². The number of rotatable bonds is 8. The van der Waals surface area contributed by atoms with Gasteiger partial charge in [0.1, 0.15) is 12.4 Å². The van der Waals surface area contributed by atoms with Crippen molar-refractivity contribution in [1.82, 2.24) is 4.57 Å². The molecular weight excluding hydrogens is 377 g/mol. The van der Waals surface area contributed by atoms with E-state index in [1.54, 1.807) is 18.2 Å². The van der Waals surface area contributed by atoms with Crippen molar-refractivity contribution < 1.29 is 49.0 Å². The van der Waals surface area contributed by atoms with Crippen LogP contribution in [0.5, 0.6) is 5.75 Å². The number of nitrogens with zero attached hydrogens (tertiary/aromatic N) is 1. The standard InChI is InChI=1S/C23H21NO4.Na/c1-17-9-11-19(12-10-17)23(27)21-8-4-14-24(21)13-3-6-18-5-2-7-20(15-18)28-16-22(25)26;/h2-12,14-15H,13,16H2,1H3,(H,25,26);/q;+1/p-1/b6-3+;. The summed E-state index contributed by atoms with van der Waals surface area (Å²) in [5, 5.41) is 10.5. The van der Waals surface area contributed by atoms with Crippen molar-refractivity contribution in [2.45, 2.75) is 13.5 Å². The molecule has 5 nitrogen and oxygen atoms in total. The first-order valence-electron chi connectivity index (χ1n) is 8.89. The molecule has 0 fully saturated rings. The number of carbonyl (C=O) groups is 2. The Balaban J connectivity index is 0.00000300. The number of hydrogen-bond donors (Lipinski definition) is 0. The molecule has 0 spiro atoms. The third kappa shape index (κ3) is 6.46. The zero-order chi connectivity index (χ0) is 19.9. The minimum atomic E-state index is -1.26. The summed E-state index contributed by atoms with van der Waals surface area (Å²) in [5.41, 5.74) is 3.27. The summed E-state index contributed by atoms with van der Waals surface area (Å²) in [6.07, 6.45) is 5.70. The quantitative estimate of drug-likeness (QED) is 0.392. The molecule has 0 radical (unpaired) electrons. The van der Waals surface area contributed by atoms with E-state index in [0.29, 0.717) is 23.6 Å². The molecule has 0 unspecified atom stereocenters. The molecule has 0 atom stereocenters. The minimum absolute atomic E-state index is 0. The summed E-state index contributed by atoms with van der Waals surface area (Å²) in [6.45, 7) is 2.03. The van der Waals surface area contributed by atoms with Gasteiger partial charge in [-0.05, 0) is 36.8 Å². The van der Waals surface area contributed by atoms with Gasteiger partial charge in [-0.3, -0.25) is 4.79 Å². The smallest absolute Gasteiger partial charge is 0.546 e. The Morgan fingerprint density at radius 2 is 1.83 bits per heavy atom. The Hall–Kier alpha value is -2.60. The number of allylic oxidation sites excluding steroid dienone is 1. The number of benzene rings is 2. The van der Waals surface area contributed by atoms with Crippen LogP contribution in [-0.4, -0.2) is 22.9 Å². The molecule has 142 valence electrons. The number of carboxylic acid groups (broad SMARTS) is 1. The van der Waals surface area contributed by atoms with Gasteiger partial charge in [-0.1, -0.05) is 54.1 Å². The van der Waals surface area contributed by atoms with Crippen LogP contribution in [0, 0.1) is 6.92 Å². The van der Waals surface area contributed by atoms with Crippen molar-refractivity contribution in [1.29, 1.82) is 0 Å². The van der Waals surface area contributed by atoms with Gasteiger partial charge in [0.05, 0.1) is 11.7 Å². The number of aliphatic carboxylic acids is 1. The van der Waals surface area contributed by atoms with E-state index >= 15 is 0 Å². The molecule has 1 aromatic heterocycles. The molecule has 29 heavy (non-hydrogen) atoms. The normalized spacial score (nSPS) is 10.5. The molecule has 2 aromatic carbocycles. The average Bonchev–Trinajstić information content (AvgIpc) is 3.15. The molecule has 0 aliphatic carbocycles. The van der Waals surface area contributed by atoms with Crippen molar-refractivity contribution in [2.75, 3.05) is 6.61 Å². The van der Waals surface area contributed by atoms with E-state index in [9.17, 15) is 14.7 Å². The van der Waals surface area contributed by atoms with Crippen LogP contribution in [0.15, 0.2) is 72.9 Å². The zero-order valence-electron chi connectivity index (χ0n) is 16.5. The predicted octanol–water partition coefficient (Wildman–Crippen LogP) is -0.126. The minimum Gasteiger partial charge on any atom is -0.546 e. The second-order valence-corrected chi connectivity index (χ2v) is 6.38. The molecule has 3 rings (SSSR count). The van der Waals surface area contributed by atoms with Gasteiger partial charge < -0.3 is 19.2 Å². The number of aromatic nitrogens is 1. The van der Waals surface area contributed by atoms with Crippen molar-refractivity contribution in [3.63, 3.8) is 0 Å². The molecular formula is C23H20NNaO4. The van der Waals surface area contributed by atoms with E-state index in [4.69, 9.17) is 4.74 Å². The fraction of sp³-hybridized carbons (Fsp3) is 0.130. The SMILES string of the molecule is Cc1ccc(C(=O)c2cccn2C/C=C/c2cccc(OCC(=O)[O-])c2)cc1.[Na+]. The molecule has 6 heteroatoms. The van der Waals surface area contributed by atoms with Crippen LogP contribution in [-0.2, 0) is 11.3 Å². The monoisotopic (exact) mass is 397 g/mol. The summed E-state index contributed by atoms with van der Waals surface area (Å²) in [7, 11) is 0. The molecule has 0 N–H and O–H groups in total. The van der Waals surface area contributed by atoms with Crippen molar-refractivity contribution in [3.8, 4) is 5.75 Å². The average molecular weight is 397 g/mol. The molecule has 0 aliphatic rings. The molecule has 0 amide bonds. The first kappa shape index (κ1) is 22.7. The number of ether oxygens (including phenoxy) is 1. The summed E-state index contributed by atoms with van der Waals surface area (Å²) < 4.78 is 7.01. The predicted molar refractivity (Wildman–Crippen MR) is 105 cm³/mol. The van der Waals surface area contributed by atoms with E-state index < -0.39 is 12.6 Å². The molecule has 1 heterocycles. The van der Waals surface area contributed by atoms with Crippen molar-refractivity contribution in [3.05, 3.63) is 95.3 Å². The Bertz CT molecular complexity index is 1010.